The second kappa shape index (κ2) is 6.24. The Morgan fingerprint density at radius 2 is 2.08 bits per heavy atom. The number of amides is 2. The molecule has 6 nitrogen and oxygen atoms in total. The first-order valence-corrected chi connectivity index (χ1v) is 4.05. The van der Waals surface area contributed by atoms with Crippen molar-refractivity contribution in [3.63, 3.8) is 0 Å². The molecule has 0 aromatic rings. The minimum Gasteiger partial charge on any atom is -0.464 e. The molecule has 0 rings (SSSR count). The van der Waals surface area contributed by atoms with Crippen molar-refractivity contribution >= 4 is 12.0 Å². The Balaban J connectivity index is 3.81. The van der Waals surface area contributed by atoms with Crippen molar-refractivity contribution in [1.82, 2.24) is 10.4 Å². The van der Waals surface area contributed by atoms with Gasteiger partial charge >= 0.3 is 6.09 Å². The van der Waals surface area contributed by atoms with E-state index in [0.29, 0.717) is 13.0 Å². The molecule has 2 amide bonds. The third kappa shape index (κ3) is 5.92. The molecule has 0 atom stereocenters. The lowest BCUT2D eigenvalue weighted by Crippen LogP contribution is -2.45. The van der Waals surface area contributed by atoms with Gasteiger partial charge < -0.3 is 10.8 Å². The minimum absolute atomic E-state index is 0.270. The summed E-state index contributed by atoms with van der Waals surface area (Å²) in [4.78, 5) is 21.1. The van der Waals surface area contributed by atoms with Crippen molar-refractivity contribution in [2.75, 3.05) is 13.1 Å². The molecule has 76 valence electrons. The molecule has 0 spiro atoms. The second-order valence-corrected chi connectivity index (χ2v) is 2.60. The molecule has 0 aliphatic rings. The zero-order valence-corrected chi connectivity index (χ0v) is 7.62. The van der Waals surface area contributed by atoms with Crippen molar-refractivity contribution in [2.45, 2.75) is 19.8 Å². The van der Waals surface area contributed by atoms with Crippen LogP contribution in [0.25, 0.3) is 0 Å². The lowest BCUT2D eigenvalue weighted by atomic mass is 10.3. The number of hydrazine groups is 1. The molecule has 0 radical (unpaired) electrons. The van der Waals surface area contributed by atoms with Crippen LogP contribution in [0.15, 0.2) is 0 Å². The van der Waals surface area contributed by atoms with E-state index in [9.17, 15) is 9.59 Å². The molecule has 0 fully saturated rings. The van der Waals surface area contributed by atoms with Crippen molar-refractivity contribution < 1.29 is 14.7 Å². The summed E-state index contributed by atoms with van der Waals surface area (Å²) in [6, 6.07) is 0. The molecule has 4 N–H and O–H groups in total. The summed E-state index contributed by atoms with van der Waals surface area (Å²) >= 11 is 0. The van der Waals surface area contributed by atoms with Gasteiger partial charge in [-0.15, -0.1) is 0 Å². The SMILES string of the molecule is CC(=O)NN(CCCCN)C(=O)O. The van der Waals surface area contributed by atoms with Crippen LogP contribution in [-0.4, -0.2) is 35.2 Å². The van der Waals surface area contributed by atoms with Crippen LogP contribution in [0.5, 0.6) is 0 Å². The van der Waals surface area contributed by atoms with Gasteiger partial charge in [0.25, 0.3) is 0 Å². The first-order chi connectivity index (χ1) is 6.07. The third-order valence-corrected chi connectivity index (χ3v) is 1.36. The van der Waals surface area contributed by atoms with E-state index < -0.39 is 12.0 Å². The Hall–Kier alpha value is -1.30. The van der Waals surface area contributed by atoms with Gasteiger partial charge in [-0.3, -0.25) is 10.2 Å². The van der Waals surface area contributed by atoms with Crippen LogP contribution >= 0.6 is 0 Å². The Labute approximate surface area is 76.7 Å². The van der Waals surface area contributed by atoms with Gasteiger partial charge in [-0.25, -0.2) is 9.80 Å². The van der Waals surface area contributed by atoms with Crippen molar-refractivity contribution in [1.29, 1.82) is 0 Å². The van der Waals surface area contributed by atoms with E-state index >= 15 is 0 Å². The van der Waals surface area contributed by atoms with Gasteiger partial charge in [0.1, 0.15) is 0 Å². The van der Waals surface area contributed by atoms with Crippen LogP contribution in [0.1, 0.15) is 19.8 Å². The van der Waals surface area contributed by atoms with Gasteiger partial charge in [-0.2, -0.15) is 0 Å². The maximum atomic E-state index is 10.6. The standard InChI is InChI=1S/C7H15N3O3/c1-6(11)9-10(7(12)13)5-3-2-4-8/h2-5,8H2,1H3,(H,9,11)(H,12,13). The zero-order valence-electron chi connectivity index (χ0n) is 7.62. The first kappa shape index (κ1) is 11.7. The fourth-order valence-corrected chi connectivity index (χ4v) is 0.804. The van der Waals surface area contributed by atoms with Gasteiger partial charge in [0.15, 0.2) is 0 Å². The summed E-state index contributed by atoms with van der Waals surface area (Å²) in [7, 11) is 0. The highest BCUT2D eigenvalue weighted by Gasteiger charge is 2.11. The molecular weight excluding hydrogens is 174 g/mol. The molecule has 13 heavy (non-hydrogen) atoms. The van der Waals surface area contributed by atoms with Crippen molar-refractivity contribution in [3.05, 3.63) is 0 Å². The number of nitrogens with zero attached hydrogens (tertiary/aromatic N) is 1. The third-order valence-electron chi connectivity index (χ3n) is 1.36. The molecule has 0 unspecified atom stereocenters. The number of carbonyl (C=O) groups excluding carboxylic acids is 1. The average Bonchev–Trinajstić information content (AvgIpc) is 2.02. The maximum Gasteiger partial charge on any atom is 0.426 e. The smallest absolute Gasteiger partial charge is 0.426 e. The lowest BCUT2D eigenvalue weighted by molar-refractivity contribution is -0.123. The van der Waals surface area contributed by atoms with E-state index in [0.717, 1.165) is 11.4 Å². The quantitative estimate of drug-likeness (QED) is 0.420. The number of hydrogen-bond acceptors (Lipinski definition) is 3. The zero-order chi connectivity index (χ0) is 10.3. The van der Waals surface area contributed by atoms with E-state index in [1.54, 1.807) is 0 Å². The number of carboxylic acid groups (broad SMARTS) is 1. The molecule has 0 saturated carbocycles. The van der Waals surface area contributed by atoms with Crippen molar-refractivity contribution in [2.24, 2.45) is 5.73 Å². The van der Waals surface area contributed by atoms with Gasteiger partial charge in [-0.1, -0.05) is 0 Å². The Bertz CT molecular complexity index is 184. The molecule has 6 heteroatoms. The fraction of sp³-hybridized carbons (Fsp3) is 0.714. The Morgan fingerprint density at radius 3 is 2.46 bits per heavy atom. The van der Waals surface area contributed by atoms with E-state index in [1.807, 2.05) is 0 Å². The Kier molecular flexibility index (Phi) is 5.62. The van der Waals surface area contributed by atoms with Crippen molar-refractivity contribution in [3.8, 4) is 0 Å². The molecule has 0 heterocycles. The number of rotatable bonds is 4. The van der Waals surface area contributed by atoms with Crippen LogP contribution in [0, 0.1) is 0 Å². The van der Waals surface area contributed by atoms with Crippen LogP contribution in [0.2, 0.25) is 0 Å². The molecule has 0 aliphatic carbocycles. The van der Waals surface area contributed by atoms with E-state index in [2.05, 4.69) is 5.43 Å². The Morgan fingerprint density at radius 1 is 1.46 bits per heavy atom. The summed E-state index contributed by atoms with van der Waals surface area (Å²) in [6.07, 6.45) is 0.221. The predicted octanol–water partition coefficient (Wildman–Crippen LogP) is -0.244. The van der Waals surface area contributed by atoms with Crippen LogP contribution in [0.4, 0.5) is 4.79 Å². The largest absolute Gasteiger partial charge is 0.464 e. The summed E-state index contributed by atoms with van der Waals surface area (Å²) < 4.78 is 0. The number of unbranched alkanes of at least 4 members (excludes halogenated alkanes) is 1. The van der Waals surface area contributed by atoms with E-state index in [-0.39, 0.29) is 6.54 Å². The minimum atomic E-state index is -1.16. The van der Waals surface area contributed by atoms with E-state index in [1.165, 1.54) is 6.92 Å². The predicted molar refractivity (Wildman–Crippen MR) is 46.8 cm³/mol. The van der Waals surface area contributed by atoms with Gasteiger partial charge in [0.05, 0.1) is 0 Å². The topological polar surface area (TPSA) is 95.7 Å². The highest BCUT2D eigenvalue weighted by atomic mass is 16.4. The molecule has 0 aromatic carbocycles. The lowest BCUT2D eigenvalue weighted by Gasteiger charge is -2.18. The second-order valence-electron chi connectivity index (χ2n) is 2.60. The first-order valence-electron chi connectivity index (χ1n) is 4.05. The molecular formula is C7H15N3O3. The van der Waals surface area contributed by atoms with Gasteiger partial charge in [0, 0.05) is 13.5 Å². The normalized spacial score (nSPS) is 9.38. The van der Waals surface area contributed by atoms with Crippen LogP contribution in [-0.2, 0) is 4.79 Å². The maximum absolute atomic E-state index is 10.6. The number of nitrogens with one attached hydrogen (secondary N) is 1. The van der Waals surface area contributed by atoms with Gasteiger partial charge in [0.2, 0.25) is 5.91 Å². The summed E-state index contributed by atoms with van der Waals surface area (Å²) in [5.74, 6) is -0.393. The molecule has 0 saturated heterocycles. The molecule has 0 bridgehead atoms. The fourth-order valence-electron chi connectivity index (χ4n) is 0.804. The number of hydrogen-bond donors (Lipinski definition) is 3. The average molecular weight is 189 g/mol. The highest BCUT2D eigenvalue weighted by Crippen LogP contribution is 1.91. The molecule has 0 aromatic heterocycles. The van der Waals surface area contributed by atoms with Gasteiger partial charge in [-0.05, 0) is 19.4 Å². The summed E-state index contributed by atoms with van der Waals surface area (Å²) in [5, 5.41) is 9.46. The molecule has 0 aliphatic heterocycles. The summed E-state index contributed by atoms with van der Waals surface area (Å²) in [5.41, 5.74) is 7.43. The highest BCUT2D eigenvalue weighted by molar-refractivity contribution is 5.76. The number of nitrogens with two attached hydrogens (primary N) is 1. The van der Waals surface area contributed by atoms with Crippen LogP contribution < -0.4 is 11.2 Å². The summed E-state index contributed by atoms with van der Waals surface area (Å²) in [6.45, 7) is 2.05. The monoisotopic (exact) mass is 189 g/mol. The number of carbonyl (C=O) groups is 2. The van der Waals surface area contributed by atoms with E-state index in [4.69, 9.17) is 10.8 Å². The van der Waals surface area contributed by atoms with Crippen LogP contribution in [0.3, 0.4) is 0 Å².